The van der Waals surface area contributed by atoms with E-state index in [-0.39, 0.29) is 0 Å². The molecule has 1 heterocycles. The molecule has 1 fully saturated rings. The van der Waals surface area contributed by atoms with Crippen LogP contribution >= 0.6 is 0 Å². The summed E-state index contributed by atoms with van der Waals surface area (Å²) in [4.78, 5) is 11.6. The van der Waals surface area contributed by atoms with E-state index in [1.165, 1.54) is 32.1 Å². The molecule has 0 atom stereocenters. The number of nitrogens with one attached hydrogen (secondary N) is 1. The number of rotatable bonds is 3. The van der Waals surface area contributed by atoms with E-state index in [0.717, 1.165) is 16.7 Å². The van der Waals surface area contributed by atoms with Crippen molar-refractivity contribution in [2.45, 2.75) is 38.1 Å². The van der Waals surface area contributed by atoms with Crippen LogP contribution in [0.3, 0.4) is 0 Å². The Labute approximate surface area is 120 Å². The van der Waals surface area contributed by atoms with Crippen molar-refractivity contribution >= 4 is 22.7 Å². The molecule has 0 unspecified atom stereocenters. The molecule has 1 aromatic carbocycles. The molecule has 0 radical (unpaired) electrons. The van der Waals surface area contributed by atoms with E-state index in [0.29, 0.717) is 12.0 Å². The molecular weight excluding hydrogens is 248 g/mol. The fourth-order valence-electron chi connectivity index (χ4n) is 3.08. The molecule has 0 bridgehead atoms. The van der Waals surface area contributed by atoms with Gasteiger partial charge in [0.2, 0.25) is 5.95 Å². The summed E-state index contributed by atoms with van der Waals surface area (Å²) < 4.78 is 0. The van der Waals surface area contributed by atoms with Gasteiger partial charge in [-0.15, -0.1) is 0 Å². The summed E-state index contributed by atoms with van der Waals surface area (Å²) in [5.41, 5.74) is 1.00. The first-order chi connectivity index (χ1) is 9.79. The van der Waals surface area contributed by atoms with E-state index in [4.69, 9.17) is 4.98 Å². The van der Waals surface area contributed by atoms with Crippen LogP contribution < -0.4 is 10.2 Å². The number of benzene rings is 1. The molecule has 0 spiro atoms. The molecule has 1 aliphatic carbocycles. The Morgan fingerprint density at radius 1 is 1.10 bits per heavy atom. The quantitative estimate of drug-likeness (QED) is 0.927. The molecule has 0 aliphatic heterocycles. The van der Waals surface area contributed by atoms with Crippen molar-refractivity contribution in [3.8, 4) is 0 Å². The molecule has 1 aliphatic rings. The number of fused-ring (bicyclic) bond motifs is 1. The molecule has 106 valence electrons. The number of hydrogen-bond donors (Lipinski definition) is 1. The molecule has 2 aromatic rings. The van der Waals surface area contributed by atoms with Crippen LogP contribution in [0.15, 0.2) is 24.3 Å². The first-order valence-electron chi connectivity index (χ1n) is 7.47. The Morgan fingerprint density at radius 3 is 2.60 bits per heavy atom. The highest BCUT2D eigenvalue weighted by Gasteiger charge is 2.21. The van der Waals surface area contributed by atoms with E-state index in [9.17, 15) is 0 Å². The molecule has 0 saturated heterocycles. The molecular formula is C16H22N4. The van der Waals surface area contributed by atoms with Crippen molar-refractivity contribution in [2.75, 3.05) is 24.3 Å². The van der Waals surface area contributed by atoms with Crippen LogP contribution in [0.25, 0.3) is 10.9 Å². The van der Waals surface area contributed by atoms with E-state index in [1.807, 2.05) is 13.1 Å². The standard InChI is InChI=1S/C16H22N4/c1-17-16-18-14-11-7-6-10-13(14)15(19-16)20(2)12-8-4-3-5-9-12/h6-7,10-12H,3-5,8-9H2,1-2H3,(H,17,18,19). The molecule has 4 heteroatoms. The van der Waals surface area contributed by atoms with Crippen LogP contribution in [0, 0.1) is 0 Å². The molecule has 20 heavy (non-hydrogen) atoms. The minimum Gasteiger partial charge on any atom is -0.357 e. The van der Waals surface area contributed by atoms with Gasteiger partial charge in [-0.2, -0.15) is 4.98 Å². The van der Waals surface area contributed by atoms with Gasteiger partial charge in [0, 0.05) is 25.5 Å². The van der Waals surface area contributed by atoms with Crippen molar-refractivity contribution < 1.29 is 0 Å². The zero-order valence-electron chi connectivity index (χ0n) is 12.3. The van der Waals surface area contributed by atoms with E-state index in [2.05, 4.69) is 40.4 Å². The predicted molar refractivity (Wildman–Crippen MR) is 84.4 cm³/mol. The van der Waals surface area contributed by atoms with Crippen LogP contribution in [0.4, 0.5) is 11.8 Å². The lowest BCUT2D eigenvalue weighted by atomic mass is 9.94. The summed E-state index contributed by atoms with van der Waals surface area (Å²) in [6.07, 6.45) is 6.57. The van der Waals surface area contributed by atoms with Gasteiger partial charge in [-0.25, -0.2) is 4.98 Å². The first-order valence-corrected chi connectivity index (χ1v) is 7.47. The van der Waals surface area contributed by atoms with Gasteiger partial charge in [-0.05, 0) is 25.0 Å². The topological polar surface area (TPSA) is 41.1 Å². The highest BCUT2D eigenvalue weighted by Crippen LogP contribution is 2.30. The lowest BCUT2D eigenvalue weighted by molar-refractivity contribution is 0.426. The maximum absolute atomic E-state index is 4.70. The number of aromatic nitrogens is 2. The summed E-state index contributed by atoms with van der Waals surface area (Å²) in [7, 11) is 4.04. The fraction of sp³-hybridized carbons (Fsp3) is 0.500. The minimum atomic E-state index is 0.603. The van der Waals surface area contributed by atoms with Gasteiger partial charge in [0.1, 0.15) is 5.82 Å². The fourth-order valence-corrected chi connectivity index (χ4v) is 3.08. The zero-order valence-corrected chi connectivity index (χ0v) is 12.3. The number of anilines is 2. The maximum atomic E-state index is 4.70. The Hall–Kier alpha value is -1.84. The Bertz CT molecular complexity index is 590. The average molecular weight is 270 g/mol. The molecule has 0 amide bonds. The summed E-state index contributed by atoms with van der Waals surface area (Å²) >= 11 is 0. The van der Waals surface area contributed by atoms with Gasteiger partial charge in [0.25, 0.3) is 0 Å². The summed E-state index contributed by atoms with van der Waals surface area (Å²) in [5, 5.41) is 4.21. The summed E-state index contributed by atoms with van der Waals surface area (Å²) in [6, 6.07) is 8.86. The van der Waals surface area contributed by atoms with Gasteiger partial charge in [0.05, 0.1) is 5.52 Å². The monoisotopic (exact) mass is 270 g/mol. The van der Waals surface area contributed by atoms with Crippen molar-refractivity contribution in [3.05, 3.63) is 24.3 Å². The second-order valence-electron chi connectivity index (χ2n) is 5.54. The van der Waals surface area contributed by atoms with Crippen molar-refractivity contribution in [1.29, 1.82) is 0 Å². The van der Waals surface area contributed by atoms with Crippen LogP contribution in [-0.2, 0) is 0 Å². The largest absolute Gasteiger partial charge is 0.357 e. The van der Waals surface area contributed by atoms with Crippen molar-refractivity contribution in [3.63, 3.8) is 0 Å². The number of hydrogen-bond acceptors (Lipinski definition) is 4. The number of para-hydroxylation sites is 1. The second-order valence-corrected chi connectivity index (χ2v) is 5.54. The van der Waals surface area contributed by atoms with Crippen LogP contribution in [0.1, 0.15) is 32.1 Å². The molecule has 1 N–H and O–H groups in total. The minimum absolute atomic E-state index is 0.603. The molecule has 3 rings (SSSR count). The molecule has 1 saturated carbocycles. The Kier molecular flexibility index (Phi) is 3.72. The smallest absolute Gasteiger partial charge is 0.224 e. The first kappa shape index (κ1) is 13.2. The molecule has 4 nitrogen and oxygen atoms in total. The van der Waals surface area contributed by atoms with Gasteiger partial charge >= 0.3 is 0 Å². The highest BCUT2D eigenvalue weighted by molar-refractivity contribution is 5.90. The van der Waals surface area contributed by atoms with Crippen molar-refractivity contribution in [2.24, 2.45) is 0 Å². The lowest BCUT2D eigenvalue weighted by Gasteiger charge is -2.32. The molecule has 1 aromatic heterocycles. The highest BCUT2D eigenvalue weighted by atomic mass is 15.2. The van der Waals surface area contributed by atoms with Gasteiger partial charge in [-0.3, -0.25) is 0 Å². The van der Waals surface area contributed by atoms with Crippen LogP contribution in [-0.4, -0.2) is 30.1 Å². The average Bonchev–Trinajstić information content (AvgIpc) is 2.54. The third-order valence-corrected chi connectivity index (χ3v) is 4.26. The van der Waals surface area contributed by atoms with E-state index < -0.39 is 0 Å². The summed E-state index contributed by atoms with van der Waals surface area (Å²) in [6.45, 7) is 0. The van der Waals surface area contributed by atoms with E-state index in [1.54, 1.807) is 0 Å². The Morgan fingerprint density at radius 2 is 1.85 bits per heavy atom. The summed E-state index contributed by atoms with van der Waals surface area (Å²) in [5.74, 6) is 1.74. The zero-order chi connectivity index (χ0) is 13.9. The maximum Gasteiger partial charge on any atom is 0.224 e. The van der Waals surface area contributed by atoms with Gasteiger partial charge in [0.15, 0.2) is 0 Å². The number of nitrogens with zero attached hydrogens (tertiary/aromatic N) is 3. The van der Waals surface area contributed by atoms with Crippen LogP contribution in [0.5, 0.6) is 0 Å². The normalized spacial score (nSPS) is 16.3. The van der Waals surface area contributed by atoms with Gasteiger partial charge in [-0.1, -0.05) is 31.4 Å². The third-order valence-electron chi connectivity index (χ3n) is 4.26. The lowest BCUT2D eigenvalue weighted by Crippen LogP contribution is -2.34. The SMILES string of the molecule is CNc1nc(N(C)C2CCCCC2)c2ccccc2n1. The predicted octanol–water partition coefficient (Wildman–Crippen LogP) is 3.44. The van der Waals surface area contributed by atoms with Crippen LogP contribution in [0.2, 0.25) is 0 Å². The Balaban J connectivity index is 2.04. The van der Waals surface area contributed by atoms with Gasteiger partial charge < -0.3 is 10.2 Å². The van der Waals surface area contributed by atoms with Crippen molar-refractivity contribution in [1.82, 2.24) is 9.97 Å². The van der Waals surface area contributed by atoms with E-state index >= 15 is 0 Å². The second kappa shape index (κ2) is 5.65. The third kappa shape index (κ3) is 2.42.